The van der Waals surface area contributed by atoms with Crippen molar-refractivity contribution in [2.45, 2.75) is 19.8 Å². The Kier molecular flexibility index (Phi) is 4.54. The highest BCUT2D eigenvalue weighted by Gasteiger charge is 2.53. The van der Waals surface area contributed by atoms with Crippen LogP contribution in [0.4, 0.5) is 10.1 Å². The highest BCUT2D eigenvalue weighted by molar-refractivity contribution is 6.18. The Bertz CT molecular complexity index is 867. The normalized spacial score (nSPS) is 20.8. The Morgan fingerprint density at radius 1 is 1.19 bits per heavy atom. The van der Waals surface area contributed by atoms with Crippen LogP contribution in [0.25, 0.3) is 0 Å². The first-order valence-corrected chi connectivity index (χ1v) is 8.16. The number of amides is 1. The van der Waals surface area contributed by atoms with Crippen molar-refractivity contribution >= 4 is 17.3 Å². The van der Waals surface area contributed by atoms with Gasteiger partial charge in [0.15, 0.2) is 0 Å². The summed E-state index contributed by atoms with van der Waals surface area (Å²) >= 11 is 0. The third-order valence-corrected chi connectivity index (χ3v) is 4.94. The van der Waals surface area contributed by atoms with Crippen LogP contribution in [0, 0.1) is 21.3 Å². The van der Waals surface area contributed by atoms with E-state index in [2.05, 4.69) is 5.10 Å². The molecule has 1 aliphatic rings. The van der Waals surface area contributed by atoms with E-state index in [4.69, 9.17) is 0 Å². The first-order valence-electron chi connectivity index (χ1n) is 8.16. The largest absolute Gasteiger partial charge is 0.271 e. The SMILES string of the molecule is CC1=NN(c2ccccc2)C(=O)C1(C)C(C[N+](=O)[O-])c1ccc(F)cc1. The van der Waals surface area contributed by atoms with Crippen LogP contribution in [0.3, 0.4) is 0 Å². The molecule has 0 aliphatic carbocycles. The molecule has 6 nitrogen and oxygen atoms in total. The molecular weight excluding hydrogens is 337 g/mol. The topological polar surface area (TPSA) is 75.8 Å². The molecule has 1 aliphatic heterocycles. The van der Waals surface area contributed by atoms with Crippen molar-refractivity contribution < 1.29 is 14.1 Å². The van der Waals surface area contributed by atoms with Crippen molar-refractivity contribution in [2.24, 2.45) is 10.5 Å². The van der Waals surface area contributed by atoms with Crippen molar-refractivity contribution in [3.63, 3.8) is 0 Å². The second kappa shape index (κ2) is 6.67. The zero-order valence-corrected chi connectivity index (χ0v) is 14.4. The van der Waals surface area contributed by atoms with E-state index in [1.807, 2.05) is 6.07 Å². The predicted octanol–water partition coefficient (Wildman–Crippen LogP) is 3.62. The third-order valence-electron chi connectivity index (χ3n) is 4.94. The fourth-order valence-electron chi connectivity index (χ4n) is 3.28. The molecule has 1 heterocycles. The summed E-state index contributed by atoms with van der Waals surface area (Å²) in [4.78, 5) is 24.0. The summed E-state index contributed by atoms with van der Waals surface area (Å²) < 4.78 is 13.3. The van der Waals surface area contributed by atoms with Gasteiger partial charge >= 0.3 is 0 Å². The fraction of sp³-hybridized carbons (Fsp3) is 0.263. The number of nitro groups is 1. The Hall–Kier alpha value is -3.09. The molecule has 0 spiro atoms. The molecule has 0 saturated carbocycles. The highest BCUT2D eigenvalue weighted by atomic mass is 19.1. The number of hydrogen-bond donors (Lipinski definition) is 0. The maximum Gasteiger partial charge on any atom is 0.259 e. The number of rotatable bonds is 5. The maximum absolute atomic E-state index is 13.3. The monoisotopic (exact) mass is 355 g/mol. The lowest BCUT2D eigenvalue weighted by atomic mass is 9.70. The van der Waals surface area contributed by atoms with Crippen molar-refractivity contribution in [2.75, 3.05) is 11.6 Å². The lowest BCUT2D eigenvalue weighted by Crippen LogP contribution is -2.44. The lowest BCUT2D eigenvalue weighted by molar-refractivity contribution is -0.485. The number of carbonyl (C=O) groups excluding carboxylic acids is 1. The number of hydrogen-bond acceptors (Lipinski definition) is 4. The van der Waals surface area contributed by atoms with Crippen LogP contribution >= 0.6 is 0 Å². The van der Waals surface area contributed by atoms with Gasteiger partial charge in [0.2, 0.25) is 6.54 Å². The molecule has 2 atom stereocenters. The van der Waals surface area contributed by atoms with Crippen LogP contribution in [0.2, 0.25) is 0 Å². The van der Waals surface area contributed by atoms with Crippen LogP contribution in [-0.4, -0.2) is 23.1 Å². The minimum Gasteiger partial charge on any atom is -0.271 e. The molecule has 2 unspecified atom stereocenters. The summed E-state index contributed by atoms with van der Waals surface area (Å²) in [6.45, 7) is 2.90. The van der Waals surface area contributed by atoms with Crippen molar-refractivity contribution in [3.05, 3.63) is 76.1 Å². The van der Waals surface area contributed by atoms with E-state index in [0.717, 1.165) is 0 Å². The third kappa shape index (κ3) is 2.96. The highest BCUT2D eigenvalue weighted by Crippen LogP contribution is 2.44. The summed E-state index contributed by atoms with van der Waals surface area (Å²) in [7, 11) is 0. The van der Waals surface area contributed by atoms with E-state index in [-0.39, 0.29) is 5.91 Å². The lowest BCUT2D eigenvalue weighted by Gasteiger charge is -2.30. The zero-order valence-electron chi connectivity index (χ0n) is 14.4. The fourth-order valence-corrected chi connectivity index (χ4v) is 3.28. The van der Waals surface area contributed by atoms with Gasteiger partial charge in [-0.1, -0.05) is 30.3 Å². The van der Waals surface area contributed by atoms with Crippen LogP contribution in [0.1, 0.15) is 25.3 Å². The molecule has 3 rings (SSSR count). The van der Waals surface area contributed by atoms with E-state index in [0.29, 0.717) is 17.0 Å². The Morgan fingerprint density at radius 2 is 1.81 bits per heavy atom. The molecule has 0 fully saturated rings. The van der Waals surface area contributed by atoms with Crippen LogP contribution in [0.5, 0.6) is 0 Å². The summed E-state index contributed by atoms with van der Waals surface area (Å²) in [5, 5.41) is 16.9. The van der Waals surface area contributed by atoms with Crippen LogP contribution in [0.15, 0.2) is 59.7 Å². The van der Waals surface area contributed by atoms with E-state index < -0.39 is 28.6 Å². The zero-order chi connectivity index (χ0) is 18.9. The summed E-state index contributed by atoms with van der Waals surface area (Å²) in [6, 6.07) is 14.4. The molecule has 0 bridgehead atoms. The number of hydrazone groups is 1. The van der Waals surface area contributed by atoms with Crippen molar-refractivity contribution in [1.82, 2.24) is 0 Å². The maximum atomic E-state index is 13.3. The number of carbonyl (C=O) groups is 1. The minimum absolute atomic E-state index is 0.336. The van der Waals surface area contributed by atoms with E-state index in [1.165, 1.54) is 29.3 Å². The molecule has 0 aromatic heterocycles. The van der Waals surface area contributed by atoms with Gasteiger partial charge in [0.25, 0.3) is 5.91 Å². The van der Waals surface area contributed by atoms with Crippen LogP contribution < -0.4 is 5.01 Å². The van der Waals surface area contributed by atoms with E-state index in [9.17, 15) is 19.3 Å². The number of nitrogens with zero attached hydrogens (tertiary/aromatic N) is 3. The van der Waals surface area contributed by atoms with Gasteiger partial charge in [-0.15, -0.1) is 0 Å². The van der Waals surface area contributed by atoms with E-state index in [1.54, 1.807) is 38.1 Å². The molecule has 7 heteroatoms. The average molecular weight is 355 g/mol. The summed E-state index contributed by atoms with van der Waals surface area (Å²) in [5.74, 6) is -1.53. The van der Waals surface area contributed by atoms with Gasteiger partial charge in [-0.25, -0.2) is 4.39 Å². The molecule has 0 saturated heterocycles. The molecule has 2 aromatic rings. The van der Waals surface area contributed by atoms with Gasteiger partial charge in [-0.2, -0.15) is 10.1 Å². The quantitative estimate of drug-likeness (QED) is 0.607. The molecule has 1 amide bonds. The van der Waals surface area contributed by atoms with Gasteiger partial charge < -0.3 is 0 Å². The predicted molar refractivity (Wildman–Crippen MR) is 96.1 cm³/mol. The molecule has 2 aromatic carbocycles. The minimum atomic E-state index is -1.19. The molecule has 26 heavy (non-hydrogen) atoms. The van der Waals surface area contributed by atoms with Crippen molar-refractivity contribution in [3.8, 4) is 0 Å². The number of benzene rings is 2. The first-order chi connectivity index (χ1) is 12.3. The molecule has 0 radical (unpaired) electrons. The summed E-state index contributed by atoms with van der Waals surface area (Å²) in [5.41, 5.74) is 0.422. The molecule has 134 valence electrons. The Morgan fingerprint density at radius 3 is 2.38 bits per heavy atom. The number of halogens is 1. The smallest absolute Gasteiger partial charge is 0.259 e. The van der Waals surface area contributed by atoms with Gasteiger partial charge in [0.05, 0.1) is 17.3 Å². The number of para-hydroxylation sites is 1. The molecular formula is C19H18FN3O3. The summed E-state index contributed by atoms with van der Waals surface area (Å²) in [6.07, 6.45) is 0. The first kappa shape index (κ1) is 17.7. The Balaban J connectivity index is 2.05. The van der Waals surface area contributed by atoms with E-state index >= 15 is 0 Å². The van der Waals surface area contributed by atoms with Crippen LogP contribution in [-0.2, 0) is 4.79 Å². The van der Waals surface area contributed by atoms with Gasteiger partial charge in [0.1, 0.15) is 11.2 Å². The number of anilines is 1. The average Bonchev–Trinajstić information content (AvgIpc) is 2.86. The standard InChI is InChI=1S/C19H18FN3O3/c1-13-19(2,18(24)23(21-13)16-6-4-3-5-7-16)17(12-22(25)26)14-8-10-15(20)11-9-14/h3-11,17H,12H2,1-2H3. The van der Waals surface area contributed by atoms with Gasteiger partial charge in [-0.05, 0) is 43.7 Å². The second-order valence-electron chi connectivity index (χ2n) is 6.46. The van der Waals surface area contributed by atoms with Crippen molar-refractivity contribution in [1.29, 1.82) is 0 Å². The Labute approximate surface area is 150 Å². The molecule has 0 N–H and O–H groups in total. The van der Waals surface area contributed by atoms with Gasteiger partial charge in [-0.3, -0.25) is 14.9 Å². The van der Waals surface area contributed by atoms with Gasteiger partial charge in [0, 0.05) is 4.92 Å². The second-order valence-corrected chi connectivity index (χ2v) is 6.46.